The smallest absolute Gasteiger partial charge is 0.232 e. The number of nitrogens with one attached hydrogen (secondary N) is 1. The number of rotatable bonds is 3. The topological polar surface area (TPSA) is 119 Å². The van der Waals surface area contributed by atoms with Gasteiger partial charge in [-0.2, -0.15) is 0 Å². The Labute approximate surface area is 100 Å². The van der Waals surface area contributed by atoms with Crippen molar-refractivity contribution < 1.29 is 30.0 Å². The molecule has 0 aromatic heterocycles. The molecule has 0 aromatic rings. The summed E-state index contributed by atoms with van der Waals surface area (Å²) in [4.78, 5) is 11.1. The van der Waals surface area contributed by atoms with Gasteiger partial charge in [-0.15, -0.1) is 0 Å². The van der Waals surface area contributed by atoms with Crippen LogP contribution >= 0.6 is 15.9 Å². The molecule has 1 saturated heterocycles. The molecular formula is C8H14BrNO6. The third-order valence-electron chi connectivity index (χ3n) is 2.32. The third-order valence-corrected chi connectivity index (χ3v) is 2.83. The van der Waals surface area contributed by atoms with E-state index in [1.165, 1.54) is 0 Å². The number of hydrogen-bond acceptors (Lipinski definition) is 6. The second kappa shape index (κ2) is 5.89. The number of alkyl halides is 1. The van der Waals surface area contributed by atoms with Gasteiger partial charge >= 0.3 is 0 Å². The summed E-state index contributed by atoms with van der Waals surface area (Å²) in [7, 11) is 0. The zero-order valence-corrected chi connectivity index (χ0v) is 9.87. The zero-order chi connectivity index (χ0) is 12.3. The van der Waals surface area contributed by atoms with Gasteiger partial charge in [0.05, 0.1) is 11.9 Å². The number of hydrogen-bond donors (Lipinski definition) is 5. The van der Waals surface area contributed by atoms with Crippen molar-refractivity contribution in [2.75, 3.05) is 11.9 Å². The first-order valence-corrected chi connectivity index (χ1v) is 5.79. The highest BCUT2D eigenvalue weighted by Crippen LogP contribution is 2.19. The third kappa shape index (κ3) is 2.90. The minimum Gasteiger partial charge on any atom is -0.394 e. The molecule has 8 heteroatoms. The highest BCUT2D eigenvalue weighted by molar-refractivity contribution is 9.09. The van der Waals surface area contributed by atoms with Crippen LogP contribution in [0.3, 0.4) is 0 Å². The Balaban J connectivity index is 2.67. The van der Waals surface area contributed by atoms with Crippen molar-refractivity contribution in [3.63, 3.8) is 0 Å². The summed E-state index contributed by atoms with van der Waals surface area (Å²) < 4.78 is 5.04. The first kappa shape index (κ1) is 13.8. The quantitative estimate of drug-likeness (QED) is 0.362. The lowest BCUT2D eigenvalue weighted by Crippen LogP contribution is -2.63. The monoisotopic (exact) mass is 299 g/mol. The van der Waals surface area contributed by atoms with Crippen LogP contribution in [-0.2, 0) is 9.53 Å². The van der Waals surface area contributed by atoms with E-state index in [2.05, 4.69) is 21.2 Å². The van der Waals surface area contributed by atoms with Crippen molar-refractivity contribution in [1.82, 2.24) is 5.32 Å². The van der Waals surface area contributed by atoms with Crippen LogP contribution < -0.4 is 5.32 Å². The van der Waals surface area contributed by atoms with E-state index < -0.39 is 43.2 Å². The second-order valence-corrected chi connectivity index (χ2v) is 4.01. The van der Waals surface area contributed by atoms with E-state index in [1.807, 2.05) is 0 Å². The van der Waals surface area contributed by atoms with Crippen LogP contribution in [0.25, 0.3) is 0 Å². The van der Waals surface area contributed by atoms with E-state index in [4.69, 9.17) is 9.84 Å². The van der Waals surface area contributed by atoms with Crippen molar-refractivity contribution >= 4 is 21.8 Å². The highest BCUT2D eigenvalue weighted by atomic mass is 79.9. The Morgan fingerprint density at radius 1 is 1.25 bits per heavy atom. The molecule has 1 rings (SSSR count). The number of aliphatic hydroxyl groups is 4. The number of aliphatic hydroxyl groups excluding tert-OH is 4. The maximum absolute atomic E-state index is 11.1. The molecule has 5 atom stereocenters. The van der Waals surface area contributed by atoms with Gasteiger partial charge in [0.2, 0.25) is 5.91 Å². The van der Waals surface area contributed by atoms with Crippen LogP contribution in [0.2, 0.25) is 0 Å². The van der Waals surface area contributed by atoms with E-state index in [0.717, 1.165) is 0 Å². The maximum atomic E-state index is 11.1. The van der Waals surface area contributed by atoms with E-state index in [0.29, 0.717) is 0 Å². The molecule has 0 aromatic carbocycles. The van der Waals surface area contributed by atoms with Gasteiger partial charge in [0.15, 0.2) is 6.23 Å². The van der Waals surface area contributed by atoms with E-state index in [-0.39, 0.29) is 5.33 Å². The fourth-order valence-electron chi connectivity index (χ4n) is 1.42. The largest absolute Gasteiger partial charge is 0.394 e. The first-order valence-electron chi connectivity index (χ1n) is 4.67. The molecule has 0 aliphatic carbocycles. The molecule has 1 fully saturated rings. The summed E-state index contributed by atoms with van der Waals surface area (Å²) in [5.74, 6) is -0.440. The van der Waals surface area contributed by atoms with Gasteiger partial charge < -0.3 is 30.5 Å². The predicted octanol–water partition coefficient (Wildman–Crippen LogP) is -2.70. The summed E-state index contributed by atoms with van der Waals surface area (Å²) in [6.45, 7) is -0.522. The Bertz CT molecular complexity index is 251. The van der Waals surface area contributed by atoms with Crippen LogP contribution in [0, 0.1) is 0 Å². The molecule has 1 heterocycles. The van der Waals surface area contributed by atoms with E-state index in [9.17, 15) is 20.1 Å². The summed E-state index contributed by atoms with van der Waals surface area (Å²) >= 11 is 2.91. The molecule has 1 aliphatic heterocycles. The molecule has 0 bridgehead atoms. The summed E-state index contributed by atoms with van der Waals surface area (Å²) in [6.07, 6.45) is -6.51. The average molecular weight is 300 g/mol. The molecule has 1 aliphatic rings. The number of halogens is 1. The molecule has 0 radical (unpaired) electrons. The number of carbonyl (C=O) groups excluding carboxylic acids is 1. The van der Waals surface area contributed by atoms with Crippen molar-refractivity contribution in [3.8, 4) is 0 Å². The number of amides is 1. The molecule has 0 saturated carbocycles. The second-order valence-electron chi connectivity index (χ2n) is 3.45. The maximum Gasteiger partial charge on any atom is 0.232 e. The Morgan fingerprint density at radius 2 is 1.88 bits per heavy atom. The Hall–Kier alpha value is -0.250. The van der Waals surface area contributed by atoms with Crippen LogP contribution in [0.15, 0.2) is 0 Å². The normalized spacial score (nSPS) is 39.4. The van der Waals surface area contributed by atoms with Crippen molar-refractivity contribution in [2.24, 2.45) is 0 Å². The Kier molecular flexibility index (Phi) is 5.09. The fourth-order valence-corrected chi connectivity index (χ4v) is 1.58. The Morgan fingerprint density at radius 3 is 2.38 bits per heavy atom. The van der Waals surface area contributed by atoms with Gasteiger partial charge in [0, 0.05) is 0 Å². The van der Waals surface area contributed by atoms with Gasteiger partial charge in [0.1, 0.15) is 24.4 Å². The molecule has 94 valence electrons. The minimum atomic E-state index is -1.48. The van der Waals surface area contributed by atoms with Crippen LogP contribution in [0.1, 0.15) is 0 Å². The molecule has 7 nitrogen and oxygen atoms in total. The molecular weight excluding hydrogens is 286 g/mol. The fraction of sp³-hybridized carbons (Fsp3) is 0.875. The van der Waals surface area contributed by atoms with Crippen molar-refractivity contribution in [2.45, 2.75) is 30.6 Å². The molecule has 5 N–H and O–H groups in total. The first-order chi connectivity index (χ1) is 7.51. The van der Waals surface area contributed by atoms with E-state index in [1.54, 1.807) is 0 Å². The highest BCUT2D eigenvalue weighted by Gasteiger charge is 2.43. The van der Waals surface area contributed by atoms with Gasteiger partial charge in [0.25, 0.3) is 0 Å². The van der Waals surface area contributed by atoms with Gasteiger partial charge in [-0.1, -0.05) is 15.9 Å². The average Bonchev–Trinajstić information content (AvgIpc) is 2.29. The van der Waals surface area contributed by atoms with Gasteiger partial charge in [-0.05, 0) is 0 Å². The number of carbonyl (C=O) groups is 1. The van der Waals surface area contributed by atoms with Crippen LogP contribution in [-0.4, -0.2) is 68.9 Å². The standard InChI is InChI=1S/C8H14BrNO6/c9-1-4(12)10-8-7(15)6(14)5(13)3(2-11)16-8/h3,5-8,11,13-15H,1-2H2,(H,10,12)/t3-,5+,6+,7-,8?/m1/s1. The van der Waals surface area contributed by atoms with Crippen LogP contribution in [0.5, 0.6) is 0 Å². The lowest BCUT2D eigenvalue weighted by molar-refractivity contribution is -0.235. The zero-order valence-electron chi connectivity index (χ0n) is 8.28. The minimum absolute atomic E-state index is 0.0159. The molecule has 1 unspecified atom stereocenters. The van der Waals surface area contributed by atoms with Crippen molar-refractivity contribution in [1.29, 1.82) is 0 Å². The molecule has 0 spiro atoms. The summed E-state index contributed by atoms with van der Waals surface area (Å²) in [5.41, 5.74) is 0. The SMILES string of the molecule is O=C(CBr)NC1O[C@H](CO)[C@H](O)[C@H](O)[C@H]1O. The summed E-state index contributed by atoms with van der Waals surface area (Å²) in [6, 6.07) is 0. The molecule has 1 amide bonds. The van der Waals surface area contributed by atoms with Crippen molar-refractivity contribution in [3.05, 3.63) is 0 Å². The number of ether oxygens (including phenoxy) is 1. The lowest BCUT2D eigenvalue weighted by Gasteiger charge is -2.40. The lowest BCUT2D eigenvalue weighted by atomic mass is 9.98. The van der Waals surface area contributed by atoms with Gasteiger partial charge in [-0.3, -0.25) is 4.79 Å². The van der Waals surface area contributed by atoms with Gasteiger partial charge in [-0.25, -0.2) is 0 Å². The predicted molar refractivity (Wildman–Crippen MR) is 55.7 cm³/mol. The van der Waals surface area contributed by atoms with E-state index >= 15 is 0 Å². The van der Waals surface area contributed by atoms with Crippen LogP contribution in [0.4, 0.5) is 0 Å². The summed E-state index contributed by atoms with van der Waals surface area (Å²) in [5, 5.41) is 39.6. The molecule has 16 heavy (non-hydrogen) atoms.